The molecule has 3 aromatic carbocycles. The standard InChI is InChI=1S/C70H20O4S2/c1-3-5-7-9-11-13-15-17-19-21-23-25-27-29-31-33-35-37-39-41-49-72-68-53-61(54-69(57-68)73-50-42-40-38-36-34-32-30-28-26-24-22-20-18-16-14-12-10-8-6-4-2)58-74-67-46-44-62-55-64(45-43-63(62)56-67)70(71,65-47-51-75-59-65)66-48-52-76-60-66/h1-2,43-48,51-57,59-60,71H,58H2. The first-order chi connectivity index (χ1) is 37.6. The molecule has 0 aliphatic rings. The van der Waals surface area contributed by atoms with E-state index in [-0.39, 0.29) is 6.61 Å². The van der Waals surface area contributed by atoms with Crippen molar-refractivity contribution in [3.05, 3.63) is 111 Å². The summed E-state index contributed by atoms with van der Waals surface area (Å²) < 4.78 is 17.6. The zero-order valence-corrected chi connectivity index (χ0v) is 40.6. The summed E-state index contributed by atoms with van der Waals surface area (Å²) >= 11 is 3.07. The molecule has 6 heteroatoms. The molecular formula is C70H20O4S2. The summed E-state index contributed by atoms with van der Waals surface area (Å²) in [7, 11) is 0. The molecule has 0 radical (unpaired) electrons. The minimum absolute atomic E-state index is 0.130. The van der Waals surface area contributed by atoms with E-state index in [1.165, 1.54) is 22.7 Å². The summed E-state index contributed by atoms with van der Waals surface area (Å²) in [5.41, 5.74) is 1.76. The van der Waals surface area contributed by atoms with Crippen LogP contribution in [0.25, 0.3) is 10.8 Å². The lowest BCUT2D eigenvalue weighted by Crippen LogP contribution is -2.27. The quantitative estimate of drug-likeness (QED) is 0.174. The third kappa shape index (κ3) is 20.3. The molecule has 0 bridgehead atoms. The van der Waals surface area contributed by atoms with Gasteiger partial charge in [-0.3, -0.25) is 0 Å². The summed E-state index contributed by atoms with van der Waals surface area (Å²) in [5, 5.41) is 21.8. The second-order valence-electron chi connectivity index (χ2n) is 13.0. The normalized spacial score (nSPS) is 7.30. The molecule has 0 unspecified atom stereocenters. The van der Waals surface area contributed by atoms with Gasteiger partial charge in [0.25, 0.3) is 0 Å². The van der Waals surface area contributed by atoms with Crippen molar-refractivity contribution >= 4 is 33.4 Å². The monoisotopic (exact) mass is 988 g/mol. The van der Waals surface area contributed by atoms with Crippen molar-refractivity contribution in [2.75, 3.05) is 0 Å². The molecular weight excluding hydrogens is 969 g/mol. The highest BCUT2D eigenvalue weighted by molar-refractivity contribution is 7.08. The van der Waals surface area contributed by atoms with Crippen molar-refractivity contribution in [2.45, 2.75) is 12.2 Å². The number of fused-ring (bicyclic) bond motifs is 1. The summed E-state index contributed by atoms with van der Waals surface area (Å²) in [5.74, 6) is 101. The van der Waals surface area contributed by atoms with Crippen LogP contribution in [0.3, 0.4) is 0 Å². The van der Waals surface area contributed by atoms with Crippen LogP contribution in [0, 0.1) is 262 Å². The van der Waals surface area contributed by atoms with E-state index in [1.54, 1.807) is 18.2 Å². The second kappa shape index (κ2) is 33.5. The van der Waals surface area contributed by atoms with Gasteiger partial charge in [0.05, 0.1) is 0 Å². The maximum atomic E-state index is 12.1. The molecule has 5 rings (SSSR count). The van der Waals surface area contributed by atoms with Crippen LogP contribution in [0.1, 0.15) is 22.3 Å². The molecule has 76 heavy (non-hydrogen) atoms. The van der Waals surface area contributed by atoms with Crippen molar-refractivity contribution in [1.29, 1.82) is 0 Å². The number of terminal acetylenes is 2. The highest BCUT2D eigenvalue weighted by Gasteiger charge is 2.34. The molecule has 1 N–H and O–H groups in total. The van der Waals surface area contributed by atoms with Gasteiger partial charge in [0.2, 0.25) is 0 Å². The predicted octanol–water partition coefficient (Wildman–Crippen LogP) is 6.83. The predicted molar refractivity (Wildman–Crippen MR) is 300 cm³/mol. The number of aliphatic hydroxyl groups is 1. The van der Waals surface area contributed by atoms with Crippen LogP contribution in [0.15, 0.2) is 88.3 Å². The van der Waals surface area contributed by atoms with Crippen LogP contribution in [0.4, 0.5) is 0 Å². The van der Waals surface area contributed by atoms with Crippen LogP contribution in [0.5, 0.6) is 17.2 Å². The molecule has 5 aromatic rings. The Labute approximate surface area is 451 Å². The number of thiophene rings is 2. The minimum Gasteiger partial charge on any atom is -0.489 e. The summed E-state index contributed by atoms with van der Waals surface area (Å²) in [4.78, 5) is 0. The molecule has 0 spiro atoms. The first-order valence-electron chi connectivity index (χ1n) is 20.9. The van der Waals surface area contributed by atoms with Crippen molar-refractivity contribution < 1.29 is 19.3 Å². The van der Waals surface area contributed by atoms with Crippen LogP contribution < -0.4 is 14.2 Å². The molecule has 0 saturated carbocycles. The van der Waals surface area contributed by atoms with Crippen LogP contribution in [-0.2, 0) is 12.2 Å². The Bertz CT molecular complexity index is 4330. The van der Waals surface area contributed by atoms with Gasteiger partial charge in [0.1, 0.15) is 41.7 Å². The van der Waals surface area contributed by atoms with E-state index in [0.29, 0.717) is 22.8 Å². The average Bonchev–Trinajstić information content (AvgIpc) is 4.21. The molecule has 0 fully saturated rings. The van der Waals surface area contributed by atoms with E-state index < -0.39 is 5.60 Å². The highest BCUT2D eigenvalue weighted by atomic mass is 32.1. The van der Waals surface area contributed by atoms with Gasteiger partial charge >= 0.3 is 0 Å². The van der Waals surface area contributed by atoms with Gasteiger partial charge in [-0.25, -0.2) is 0 Å². The lowest BCUT2D eigenvalue weighted by atomic mass is 9.82. The molecule has 0 aliphatic carbocycles. The van der Waals surface area contributed by atoms with Gasteiger partial charge in [0.15, 0.2) is 0 Å². The average molecular weight is 989 g/mol. The fourth-order valence-corrected chi connectivity index (χ4v) is 6.73. The van der Waals surface area contributed by atoms with Crippen LogP contribution in [-0.4, -0.2) is 5.11 Å². The minimum atomic E-state index is -1.30. The lowest BCUT2D eigenvalue weighted by molar-refractivity contribution is 0.127. The van der Waals surface area contributed by atoms with Crippen molar-refractivity contribution in [3.63, 3.8) is 0 Å². The molecule has 0 amide bonds. The number of benzene rings is 3. The molecule has 336 valence electrons. The molecule has 0 atom stereocenters. The van der Waals surface area contributed by atoms with Crippen molar-refractivity contribution in [2.24, 2.45) is 0 Å². The Morgan fingerprint density at radius 3 is 1.05 bits per heavy atom. The zero-order chi connectivity index (χ0) is 53.2. The molecule has 4 nitrogen and oxygen atoms in total. The van der Waals surface area contributed by atoms with Gasteiger partial charge in [-0.2, -0.15) is 22.7 Å². The fourth-order valence-electron chi connectivity index (χ4n) is 5.33. The Hall–Kier alpha value is -13.0. The van der Waals surface area contributed by atoms with E-state index in [2.05, 4.69) is 249 Å². The van der Waals surface area contributed by atoms with E-state index in [4.69, 9.17) is 27.1 Å². The van der Waals surface area contributed by atoms with Gasteiger partial charge in [0, 0.05) is 159 Å². The lowest BCUT2D eigenvalue weighted by Gasteiger charge is -2.28. The third-order valence-electron chi connectivity index (χ3n) is 8.29. The van der Waals surface area contributed by atoms with Gasteiger partial charge in [-0.15, -0.1) is 12.8 Å². The number of ether oxygens (including phenoxy) is 3. The summed E-state index contributed by atoms with van der Waals surface area (Å²) in [6, 6.07) is 20.6. The first kappa shape index (κ1) is 53.9. The molecule has 2 heterocycles. The molecule has 2 aromatic heterocycles. The topological polar surface area (TPSA) is 47.9 Å². The largest absolute Gasteiger partial charge is 0.489 e. The van der Waals surface area contributed by atoms with Crippen LogP contribution in [0.2, 0.25) is 0 Å². The number of hydrogen-bond acceptors (Lipinski definition) is 6. The van der Waals surface area contributed by atoms with Crippen molar-refractivity contribution in [1.82, 2.24) is 0 Å². The summed E-state index contributed by atoms with van der Waals surface area (Å²) in [6.07, 6.45) is 15.0. The van der Waals surface area contributed by atoms with Gasteiger partial charge < -0.3 is 19.3 Å². The molecule has 0 aliphatic heterocycles. The first-order valence-corrected chi connectivity index (χ1v) is 22.8. The summed E-state index contributed by atoms with van der Waals surface area (Å²) in [6.45, 7) is 0.130. The zero-order valence-electron chi connectivity index (χ0n) is 39.0. The van der Waals surface area contributed by atoms with E-state index in [9.17, 15) is 5.11 Å². The molecule has 0 saturated heterocycles. The Morgan fingerprint density at radius 2 is 0.697 bits per heavy atom. The van der Waals surface area contributed by atoms with E-state index in [1.807, 2.05) is 70.1 Å². The maximum Gasteiger partial charge on any atom is 0.144 e. The van der Waals surface area contributed by atoms with Gasteiger partial charge in [-0.1, -0.05) is 18.2 Å². The van der Waals surface area contributed by atoms with Crippen molar-refractivity contribution in [3.8, 4) is 279 Å². The number of hydrogen-bond donors (Lipinski definition) is 1. The van der Waals surface area contributed by atoms with E-state index in [0.717, 1.165) is 27.5 Å². The second-order valence-corrected chi connectivity index (χ2v) is 14.6. The number of rotatable bonds is 8. The Morgan fingerprint density at radius 1 is 0.355 bits per heavy atom. The van der Waals surface area contributed by atoms with Gasteiger partial charge in [-0.05, 0) is 181 Å². The smallest absolute Gasteiger partial charge is 0.144 e. The van der Waals surface area contributed by atoms with E-state index >= 15 is 0 Å². The third-order valence-corrected chi connectivity index (χ3v) is 9.65. The SMILES string of the molecule is C#CC#CC#CC#CC#CC#CC#CC#CC#CC#CC#COc1cc(COc2ccc3cc(C(O)(c4ccsc4)c4ccsc4)ccc3c2)cc(OC#CC#CC#CC#CC#CC#CC#CC#CC#CC#CC#C)c1. The highest BCUT2D eigenvalue weighted by Crippen LogP contribution is 2.40. The Kier molecular flexibility index (Phi) is 23.8. The Balaban J connectivity index is 1.24. The maximum absolute atomic E-state index is 12.1. The van der Waals surface area contributed by atoms with Crippen LogP contribution >= 0.6 is 22.7 Å². The fraction of sp³-hybridized carbons (Fsp3) is 0.0286.